The Balaban J connectivity index is 1.64. The van der Waals surface area contributed by atoms with Gasteiger partial charge in [-0.1, -0.05) is 11.2 Å². The molecule has 148 valence electrons. The van der Waals surface area contributed by atoms with E-state index in [1.165, 1.54) is 0 Å². The molecule has 3 aromatic rings. The Morgan fingerprint density at radius 1 is 1.21 bits per heavy atom. The molecule has 0 aliphatic heterocycles. The Bertz CT molecular complexity index is 949. The number of aryl methyl sites for hydroxylation is 2. The highest BCUT2D eigenvalue weighted by atomic mass is 16.6. The first kappa shape index (κ1) is 19.7. The van der Waals surface area contributed by atoms with Crippen LogP contribution in [0, 0.1) is 13.8 Å². The molecule has 1 aromatic carbocycles. The van der Waals surface area contributed by atoms with Crippen LogP contribution in [-0.4, -0.2) is 38.0 Å². The van der Waals surface area contributed by atoms with Crippen LogP contribution in [0.5, 0.6) is 5.75 Å². The molecule has 0 aliphatic rings. The highest BCUT2D eigenvalue weighted by Gasteiger charge is 2.14. The molecule has 0 amide bonds. The van der Waals surface area contributed by atoms with Crippen LogP contribution >= 0.6 is 0 Å². The van der Waals surface area contributed by atoms with Crippen molar-refractivity contribution in [2.45, 2.75) is 27.2 Å². The lowest BCUT2D eigenvalue weighted by Gasteiger charge is -2.20. The van der Waals surface area contributed by atoms with Gasteiger partial charge < -0.3 is 18.9 Å². The first-order chi connectivity index (χ1) is 13.6. The van der Waals surface area contributed by atoms with Crippen molar-refractivity contribution >= 4 is 22.9 Å². The minimum absolute atomic E-state index is 0.525. The van der Waals surface area contributed by atoms with E-state index in [-0.39, 0.29) is 0 Å². The Labute approximate surface area is 165 Å². The topological polar surface area (TPSA) is 60.1 Å². The number of fused-ring (bicyclic) bond motifs is 1. The van der Waals surface area contributed by atoms with E-state index in [1.54, 1.807) is 6.21 Å². The Hall–Kier alpha value is -3.02. The van der Waals surface area contributed by atoms with E-state index in [2.05, 4.69) is 28.2 Å². The minimum Gasteiger partial charge on any atom is -0.493 e. The molecule has 0 fully saturated rings. The predicted octanol–water partition coefficient (Wildman–Crippen LogP) is 4.72. The number of rotatable bonds is 9. The highest BCUT2D eigenvalue weighted by molar-refractivity contribution is 5.94. The zero-order valence-electron chi connectivity index (χ0n) is 16.9. The molecule has 0 unspecified atom stereocenters. The van der Waals surface area contributed by atoms with Gasteiger partial charge in [-0.3, -0.25) is 4.98 Å². The van der Waals surface area contributed by atoms with Crippen molar-refractivity contribution in [1.29, 1.82) is 0 Å². The fourth-order valence-corrected chi connectivity index (χ4v) is 3.17. The molecule has 0 N–H and O–H groups in total. The van der Waals surface area contributed by atoms with E-state index < -0.39 is 0 Å². The molecule has 0 atom stereocenters. The number of anilines is 1. The average Bonchev–Trinajstić information content (AvgIpc) is 3.02. The molecule has 0 radical (unpaired) electrons. The summed E-state index contributed by atoms with van der Waals surface area (Å²) in [7, 11) is 2.08. The summed E-state index contributed by atoms with van der Waals surface area (Å²) in [6.07, 6.45) is 4.32. The lowest BCUT2D eigenvalue weighted by Crippen LogP contribution is -2.21. The van der Waals surface area contributed by atoms with E-state index in [4.69, 9.17) is 14.0 Å². The van der Waals surface area contributed by atoms with Crippen LogP contribution < -0.4 is 9.64 Å². The largest absolute Gasteiger partial charge is 0.493 e. The molecule has 2 aromatic heterocycles. The smallest absolute Gasteiger partial charge is 0.152 e. The summed E-state index contributed by atoms with van der Waals surface area (Å²) in [5.74, 6) is 1.52. The number of benzene rings is 1. The van der Waals surface area contributed by atoms with Gasteiger partial charge in [-0.15, -0.1) is 0 Å². The third-order valence-corrected chi connectivity index (χ3v) is 4.61. The Kier molecular flexibility index (Phi) is 6.53. The van der Waals surface area contributed by atoms with E-state index >= 15 is 0 Å². The number of aromatic nitrogens is 1. The number of furan rings is 1. The van der Waals surface area contributed by atoms with Gasteiger partial charge in [-0.25, -0.2) is 0 Å². The van der Waals surface area contributed by atoms with Crippen LogP contribution in [0.4, 0.5) is 5.69 Å². The molecule has 2 heterocycles. The second kappa shape index (κ2) is 9.26. The molecule has 0 saturated heterocycles. The molecule has 0 aliphatic carbocycles. The molecule has 0 saturated carbocycles. The molecule has 0 bridgehead atoms. The fourth-order valence-electron chi connectivity index (χ4n) is 3.17. The van der Waals surface area contributed by atoms with Crippen LogP contribution in [-0.2, 0) is 4.84 Å². The standard InChI is InChI=1S/C22H27N3O3/c1-5-27-24-15-21-16(2)22-19(10-6-11-20(22)28-21)26-14-8-13-25(4)18-9-7-12-23-17(18)3/h6-7,9-12,15H,5,8,13-14H2,1-4H3. The van der Waals surface area contributed by atoms with E-state index in [1.807, 2.05) is 51.2 Å². The average molecular weight is 381 g/mol. The summed E-state index contributed by atoms with van der Waals surface area (Å²) in [4.78, 5) is 11.6. The van der Waals surface area contributed by atoms with Crippen LogP contribution in [0.3, 0.4) is 0 Å². The van der Waals surface area contributed by atoms with Crippen LogP contribution in [0.2, 0.25) is 0 Å². The van der Waals surface area contributed by atoms with Crippen molar-refractivity contribution in [3.05, 3.63) is 53.5 Å². The van der Waals surface area contributed by atoms with Crippen LogP contribution in [0.1, 0.15) is 30.4 Å². The van der Waals surface area contributed by atoms with Gasteiger partial charge in [0.1, 0.15) is 24.2 Å². The Morgan fingerprint density at radius 3 is 2.86 bits per heavy atom. The van der Waals surface area contributed by atoms with Crippen molar-refractivity contribution in [2.24, 2.45) is 5.16 Å². The van der Waals surface area contributed by atoms with Crippen molar-refractivity contribution in [3.63, 3.8) is 0 Å². The number of nitrogens with zero attached hydrogens (tertiary/aromatic N) is 3. The van der Waals surface area contributed by atoms with E-state index in [0.29, 0.717) is 19.0 Å². The van der Waals surface area contributed by atoms with Crippen molar-refractivity contribution in [1.82, 2.24) is 4.98 Å². The zero-order valence-corrected chi connectivity index (χ0v) is 16.9. The molecular formula is C22H27N3O3. The summed E-state index contributed by atoms with van der Waals surface area (Å²) in [6.45, 7) is 7.95. The van der Waals surface area contributed by atoms with Gasteiger partial charge in [0, 0.05) is 25.4 Å². The summed E-state index contributed by atoms with van der Waals surface area (Å²) in [6, 6.07) is 9.90. The predicted molar refractivity (Wildman–Crippen MR) is 113 cm³/mol. The van der Waals surface area contributed by atoms with Gasteiger partial charge in [-0.05, 0) is 51.5 Å². The lowest BCUT2D eigenvalue weighted by molar-refractivity contribution is 0.160. The van der Waals surface area contributed by atoms with E-state index in [0.717, 1.165) is 46.6 Å². The maximum Gasteiger partial charge on any atom is 0.152 e. The fraction of sp³-hybridized carbons (Fsp3) is 0.364. The molecule has 6 heteroatoms. The van der Waals surface area contributed by atoms with Gasteiger partial charge in [0.05, 0.1) is 23.4 Å². The maximum absolute atomic E-state index is 6.08. The summed E-state index contributed by atoms with van der Waals surface area (Å²) < 4.78 is 12.0. The number of pyridine rings is 1. The quantitative estimate of drug-likeness (QED) is 0.305. The molecule has 28 heavy (non-hydrogen) atoms. The van der Waals surface area contributed by atoms with Crippen molar-refractivity contribution in [3.8, 4) is 5.75 Å². The van der Waals surface area contributed by atoms with Gasteiger partial charge in [-0.2, -0.15) is 0 Å². The number of hydrogen-bond acceptors (Lipinski definition) is 6. The van der Waals surface area contributed by atoms with Crippen LogP contribution in [0.15, 0.2) is 46.1 Å². The number of hydrogen-bond donors (Lipinski definition) is 0. The van der Waals surface area contributed by atoms with Crippen molar-refractivity contribution in [2.75, 3.05) is 31.7 Å². The summed E-state index contributed by atoms with van der Waals surface area (Å²) in [5.41, 5.74) is 3.97. The first-order valence-corrected chi connectivity index (χ1v) is 9.54. The van der Waals surface area contributed by atoms with E-state index in [9.17, 15) is 0 Å². The molecule has 0 spiro atoms. The maximum atomic E-state index is 6.08. The van der Waals surface area contributed by atoms with Gasteiger partial charge in [0.15, 0.2) is 5.76 Å². The Morgan fingerprint density at radius 2 is 2.07 bits per heavy atom. The van der Waals surface area contributed by atoms with Gasteiger partial charge in [0.2, 0.25) is 0 Å². The monoisotopic (exact) mass is 381 g/mol. The highest BCUT2D eigenvalue weighted by Crippen LogP contribution is 2.32. The van der Waals surface area contributed by atoms with Crippen molar-refractivity contribution < 1.29 is 14.0 Å². The third kappa shape index (κ3) is 4.44. The normalized spacial score (nSPS) is 11.3. The second-order valence-corrected chi connectivity index (χ2v) is 6.60. The second-order valence-electron chi connectivity index (χ2n) is 6.60. The molecule has 6 nitrogen and oxygen atoms in total. The zero-order chi connectivity index (χ0) is 19.9. The molecule has 3 rings (SSSR count). The van der Waals surface area contributed by atoms with Crippen LogP contribution in [0.25, 0.3) is 11.0 Å². The summed E-state index contributed by atoms with van der Waals surface area (Å²) >= 11 is 0. The SMILES string of the molecule is CCON=Cc1oc2cccc(OCCCN(C)c3cccnc3C)c2c1C. The molecular weight excluding hydrogens is 354 g/mol. The minimum atomic E-state index is 0.525. The summed E-state index contributed by atoms with van der Waals surface area (Å²) in [5, 5.41) is 4.89. The lowest BCUT2D eigenvalue weighted by atomic mass is 10.1. The third-order valence-electron chi connectivity index (χ3n) is 4.61. The number of ether oxygens (including phenoxy) is 1. The first-order valence-electron chi connectivity index (χ1n) is 9.54. The van der Waals surface area contributed by atoms with Gasteiger partial charge >= 0.3 is 0 Å². The van der Waals surface area contributed by atoms with Gasteiger partial charge in [0.25, 0.3) is 0 Å². The number of oxime groups is 1.